The van der Waals surface area contributed by atoms with Gasteiger partial charge in [-0.15, -0.1) is 0 Å². The zero-order valence-corrected chi connectivity index (χ0v) is 9.94. The summed E-state index contributed by atoms with van der Waals surface area (Å²) in [6, 6.07) is 0. The van der Waals surface area contributed by atoms with Gasteiger partial charge >= 0.3 is 0 Å². The summed E-state index contributed by atoms with van der Waals surface area (Å²) >= 11 is 0. The van der Waals surface area contributed by atoms with Gasteiger partial charge in [0, 0.05) is 0 Å². The maximum absolute atomic E-state index is 5.93. The van der Waals surface area contributed by atoms with Crippen LogP contribution in [0.15, 0.2) is 0 Å². The molecule has 0 bridgehead atoms. The molecule has 1 N–H and O–H groups in total. The monoisotopic (exact) mass is 199 g/mol. The van der Waals surface area contributed by atoms with E-state index in [0.717, 1.165) is 13.1 Å². The summed E-state index contributed by atoms with van der Waals surface area (Å²) in [4.78, 5) is 0. The van der Waals surface area contributed by atoms with Crippen LogP contribution in [0.5, 0.6) is 0 Å². The molecule has 0 aromatic heterocycles. The molecule has 0 aromatic rings. The quantitative estimate of drug-likeness (QED) is 0.664. The van der Waals surface area contributed by atoms with E-state index in [4.69, 9.17) is 4.74 Å². The van der Waals surface area contributed by atoms with E-state index >= 15 is 0 Å². The van der Waals surface area contributed by atoms with Crippen molar-refractivity contribution in [2.75, 3.05) is 13.1 Å². The average Bonchev–Trinajstić information content (AvgIpc) is 2.45. The van der Waals surface area contributed by atoms with Crippen LogP contribution >= 0.6 is 0 Å². The van der Waals surface area contributed by atoms with Gasteiger partial charge in [-0.1, -0.05) is 6.92 Å². The van der Waals surface area contributed by atoms with Gasteiger partial charge in [-0.3, -0.25) is 0 Å². The third-order valence-corrected chi connectivity index (χ3v) is 2.93. The molecule has 1 heterocycles. The van der Waals surface area contributed by atoms with Crippen molar-refractivity contribution < 1.29 is 4.74 Å². The summed E-state index contributed by atoms with van der Waals surface area (Å²) in [5.74, 6) is 0. The highest BCUT2D eigenvalue weighted by Gasteiger charge is 2.30. The second-order valence-corrected chi connectivity index (χ2v) is 4.89. The minimum Gasteiger partial charge on any atom is -0.372 e. The molecule has 1 saturated heterocycles. The molecule has 0 radical (unpaired) electrons. The molecule has 0 spiro atoms. The van der Waals surface area contributed by atoms with Gasteiger partial charge in [-0.2, -0.15) is 0 Å². The Kier molecular flexibility index (Phi) is 4.90. The lowest BCUT2D eigenvalue weighted by Gasteiger charge is -2.19. The molecular weight excluding hydrogens is 174 g/mol. The van der Waals surface area contributed by atoms with Crippen molar-refractivity contribution >= 4 is 0 Å². The van der Waals surface area contributed by atoms with Crippen LogP contribution in [0.2, 0.25) is 0 Å². The summed E-state index contributed by atoms with van der Waals surface area (Å²) in [7, 11) is 0. The summed E-state index contributed by atoms with van der Waals surface area (Å²) in [6.07, 6.45) is 6.85. The number of hydrogen-bond acceptors (Lipinski definition) is 2. The van der Waals surface area contributed by atoms with Gasteiger partial charge in [-0.25, -0.2) is 0 Å². The first-order valence-corrected chi connectivity index (χ1v) is 6.02. The van der Waals surface area contributed by atoms with Gasteiger partial charge in [0.2, 0.25) is 0 Å². The topological polar surface area (TPSA) is 21.3 Å². The SMILES string of the molecule is CCNCCCCC1CCC(C)(C)O1. The smallest absolute Gasteiger partial charge is 0.0631 e. The summed E-state index contributed by atoms with van der Waals surface area (Å²) in [5.41, 5.74) is 0.145. The predicted molar refractivity (Wildman–Crippen MR) is 60.6 cm³/mol. The van der Waals surface area contributed by atoms with Crippen molar-refractivity contribution in [3.63, 3.8) is 0 Å². The fourth-order valence-corrected chi connectivity index (χ4v) is 2.08. The van der Waals surface area contributed by atoms with Crippen molar-refractivity contribution in [2.24, 2.45) is 0 Å². The largest absolute Gasteiger partial charge is 0.372 e. The highest BCUT2D eigenvalue weighted by Crippen LogP contribution is 2.31. The average molecular weight is 199 g/mol. The lowest BCUT2D eigenvalue weighted by atomic mass is 10.0. The maximum Gasteiger partial charge on any atom is 0.0631 e. The molecule has 2 nitrogen and oxygen atoms in total. The standard InChI is InChI=1S/C12H25NO/c1-4-13-10-6-5-7-11-8-9-12(2,3)14-11/h11,13H,4-10H2,1-3H3. The molecule has 1 aliphatic rings. The minimum absolute atomic E-state index is 0.145. The molecule has 1 atom stereocenters. The van der Waals surface area contributed by atoms with Gasteiger partial charge in [-0.05, 0) is 59.0 Å². The van der Waals surface area contributed by atoms with E-state index in [1.807, 2.05) is 0 Å². The lowest BCUT2D eigenvalue weighted by Crippen LogP contribution is -2.20. The van der Waals surface area contributed by atoms with Crippen molar-refractivity contribution in [1.29, 1.82) is 0 Å². The molecule has 1 unspecified atom stereocenters. The summed E-state index contributed by atoms with van der Waals surface area (Å²) < 4.78 is 5.93. The van der Waals surface area contributed by atoms with Crippen molar-refractivity contribution in [1.82, 2.24) is 5.32 Å². The van der Waals surface area contributed by atoms with Crippen molar-refractivity contribution in [2.45, 2.75) is 64.6 Å². The van der Waals surface area contributed by atoms with Gasteiger partial charge in [0.25, 0.3) is 0 Å². The van der Waals surface area contributed by atoms with Crippen LogP contribution in [0.4, 0.5) is 0 Å². The van der Waals surface area contributed by atoms with Crippen LogP contribution < -0.4 is 5.32 Å². The first kappa shape index (κ1) is 12.0. The lowest BCUT2D eigenvalue weighted by molar-refractivity contribution is -0.0190. The van der Waals surface area contributed by atoms with E-state index < -0.39 is 0 Å². The molecular formula is C12H25NO. The van der Waals surface area contributed by atoms with Gasteiger partial charge in [0.1, 0.15) is 0 Å². The molecule has 0 saturated carbocycles. The molecule has 0 aliphatic carbocycles. The summed E-state index contributed by atoms with van der Waals surface area (Å²) in [5, 5.41) is 3.35. The normalized spacial score (nSPS) is 25.5. The van der Waals surface area contributed by atoms with Crippen LogP contribution in [0, 0.1) is 0 Å². The molecule has 1 aliphatic heterocycles. The van der Waals surface area contributed by atoms with Gasteiger partial charge in [0.05, 0.1) is 11.7 Å². The Morgan fingerprint density at radius 1 is 1.36 bits per heavy atom. The fraction of sp³-hybridized carbons (Fsp3) is 1.00. The Labute approximate surface area is 88.4 Å². The molecule has 1 rings (SSSR count). The number of nitrogens with one attached hydrogen (secondary N) is 1. The zero-order valence-electron chi connectivity index (χ0n) is 9.94. The Morgan fingerprint density at radius 2 is 2.14 bits per heavy atom. The number of unbranched alkanes of at least 4 members (excludes halogenated alkanes) is 1. The summed E-state index contributed by atoms with van der Waals surface area (Å²) in [6.45, 7) is 8.81. The highest BCUT2D eigenvalue weighted by molar-refractivity contribution is 4.80. The van der Waals surface area contributed by atoms with Crippen molar-refractivity contribution in [3.05, 3.63) is 0 Å². The molecule has 0 amide bonds. The molecule has 2 heteroatoms. The Morgan fingerprint density at radius 3 is 2.71 bits per heavy atom. The second kappa shape index (κ2) is 5.72. The Hall–Kier alpha value is -0.0800. The first-order valence-electron chi connectivity index (χ1n) is 6.02. The Balaban J connectivity index is 1.98. The van der Waals surface area contributed by atoms with Crippen molar-refractivity contribution in [3.8, 4) is 0 Å². The second-order valence-electron chi connectivity index (χ2n) is 4.89. The number of ether oxygens (including phenoxy) is 1. The predicted octanol–water partition coefficient (Wildman–Crippen LogP) is 2.72. The third kappa shape index (κ3) is 4.43. The van der Waals surface area contributed by atoms with E-state index in [-0.39, 0.29) is 5.60 Å². The van der Waals surface area contributed by atoms with E-state index in [0.29, 0.717) is 6.10 Å². The van der Waals surface area contributed by atoms with E-state index in [9.17, 15) is 0 Å². The van der Waals surface area contributed by atoms with E-state index in [1.54, 1.807) is 0 Å². The maximum atomic E-state index is 5.93. The van der Waals surface area contributed by atoms with Crippen LogP contribution in [-0.4, -0.2) is 24.8 Å². The number of rotatable bonds is 6. The molecule has 0 aromatic carbocycles. The minimum atomic E-state index is 0.145. The van der Waals surface area contributed by atoms with Crippen LogP contribution in [0.3, 0.4) is 0 Å². The fourth-order valence-electron chi connectivity index (χ4n) is 2.08. The van der Waals surface area contributed by atoms with Crippen LogP contribution in [0.1, 0.15) is 52.9 Å². The van der Waals surface area contributed by atoms with E-state index in [2.05, 4.69) is 26.1 Å². The number of hydrogen-bond donors (Lipinski definition) is 1. The first-order chi connectivity index (χ1) is 6.64. The van der Waals surface area contributed by atoms with Crippen LogP contribution in [0.25, 0.3) is 0 Å². The molecule has 1 fully saturated rings. The zero-order chi connectivity index (χ0) is 10.4. The molecule has 84 valence electrons. The van der Waals surface area contributed by atoms with Gasteiger partial charge in [0.15, 0.2) is 0 Å². The van der Waals surface area contributed by atoms with E-state index in [1.165, 1.54) is 32.1 Å². The molecule has 14 heavy (non-hydrogen) atoms. The third-order valence-electron chi connectivity index (χ3n) is 2.93. The van der Waals surface area contributed by atoms with Crippen LogP contribution in [-0.2, 0) is 4.74 Å². The highest BCUT2D eigenvalue weighted by atomic mass is 16.5. The Bertz CT molecular complexity index is 156. The van der Waals surface area contributed by atoms with Gasteiger partial charge < -0.3 is 10.1 Å².